The molecular weight excluding hydrogens is 274 g/mol. The summed E-state index contributed by atoms with van der Waals surface area (Å²) in [6, 6.07) is 8.68. The van der Waals surface area contributed by atoms with Gasteiger partial charge in [-0.25, -0.2) is 4.39 Å². The first-order chi connectivity index (χ1) is 8.58. The molecule has 2 nitrogen and oxygen atoms in total. The van der Waals surface area contributed by atoms with Crippen molar-refractivity contribution in [3.8, 4) is 17.3 Å². The largest absolute Gasteiger partial charge is 0.344 e. The average Bonchev–Trinajstić information content (AvgIpc) is 2.69. The van der Waals surface area contributed by atoms with Gasteiger partial charge in [0.2, 0.25) is 0 Å². The highest BCUT2D eigenvalue weighted by molar-refractivity contribution is 6.42. The number of aromatic nitrogens is 1. The van der Waals surface area contributed by atoms with Crippen LogP contribution in [0.5, 0.6) is 0 Å². The molecular formula is C13H9Cl2FN2. The number of hydrogen-bond donors (Lipinski definition) is 0. The lowest BCUT2D eigenvalue weighted by Crippen LogP contribution is -1.97. The summed E-state index contributed by atoms with van der Waals surface area (Å²) in [5.41, 5.74) is 2.25. The summed E-state index contributed by atoms with van der Waals surface area (Å²) in [4.78, 5) is 0. The van der Waals surface area contributed by atoms with Crippen molar-refractivity contribution in [2.24, 2.45) is 7.05 Å². The van der Waals surface area contributed by atoms with Crippen LogP contribution in [0.15, 0.2) is 24.3 Å². The number of benzene rings is 1. The van der Waals surface area contributed by atoms with Gasteiger partial charge in [0.15, 0.2) is 0 Å². The molecule has 0 atom stereocenters. The molecule has 2 aromatic rings. The number of nitriles is 1. The summed E-state index contributed by atoms with van der Waals surface area (Å²) in [6.07, 6.45) is 0. The smallest absolute Gasteiger partial charge is 0.129 e. The predicted octanol–water partition coefficient (Wildman–Crippen LogP) is 4.34. The third-order valence-corrected chi connectivity index (χ3v) is 3.52. The Kier molecular flexibility index (Phi) is 3.60. The third-order valence-electron chi connectivity index (χ3n) is 2.78. The lowest BCUT2D eigenvalue weighted by atomic mass is 10.1. The van der Waals surface area contributed by atoms with E-state index in [0.29, 0.717) is 27.0 Å². The Bertz CT molecular complexity index is 641. The molecule has 0 unspecified atom stereocenters. The lowest BCUT2D eigenvalue weighted by Gasteiger charge is -2.07. The van der Waals surface area contributed by atoms with Crippen LogP contribution in [-0.2, 0) is 13.7 Å². The molecule has 0 N–H and O–H groups in total. The normalized spacial score (nSPS) is 10.4. The van der Waals surface area contributed by atoms with Crippen LogP contribution >= 0.6 is 23.2 Å². The molecule has 1 aromatic carbocycles. The zero-order valence-corrected chi connectivity index (χ0v) is 11.1. The van der Waals surface area contributed by atoms with Crippen molar-refractivity contribution in [1.82, 2.24) is 4.57 Å². The van der Waals surface area contributed by atoms with E-state index in [1.807, 2.05) is 0 Å². The second-order valence-corrected chi connectivity index (χ2v) is 4.65. The topological polar surface area (TPSA) is 28.7 Å². The Balaban J connectivity index is 2.66. The van der Waals surface area contributed by atoms with Crippen LogP contribution in [0.4, 0.5) is 4.39 Å². The molecule has 1 aromatic heterocycles. The first-order valence-electron chi connectivity index (χ1n) is 5.18. The molecule has 0 aliphatic rings. The molecule has 0 amide bonds. The van der Waals surface area contributed by atoms with Gasteiger partial charge in [-0.2, -0.15) is 5.26 Å². The van der Waals surface area contributed by atoms with Crippen molar-refractivity contribution >= 4 is 23.2 Å². The zero-order chi connectivity index (χ0) is 13.3. The lowest BCUT2D eigenvalue weighted by molar-refractivity contribution is 0.466. The van der Waals surface area contributed by atoms with Gasteiger partial charge in [0.25, 0.3) is 0 Å². The fourth-order valence-electron chi connectivity index (χ4n) is 1.86. The van der Waals surface area contributed by atoms with Crippen LogP contribution in [0.3, 0.4) is 0 Å². The van der Waals surface area contributed by atoms with E-state index in [4.69, 9.17) is 28.5 Å². The van der Waals surface area contributed by atoms with E-state index in [1.165, 1.54) is 6.07 Å². The Morgan fingerprint density at radius 2 is 2.00 bits per heavy atom. The molecule has 0 aliphatic carbocycles. The maximum absolute atomic E-state index is 12.8. The van der Waals surface area contributed by atoms with Gasteiger partial charge in [-0.1, -0.05) is 29.3 Å². The van der Waals surface area contributed by atoms with Gasteiger partial charge in [0.1, 0.15) is 12.7 Å². The number of nitrogens with zero attached hydrogens (tertiary/aromatic N) is 2. The minimum absolute atomic E-state index is 0.404. The van der Waals surface area contributed by atoms with Gasteiger partial charge in [-0.05, 0) is 18.2 Å². The van der Waals surface area contributed by atoms with Crippen LogP contribution in [-0.4, -0.2) is 4.57 Å². The van der Waals surface area contributed by atoms with E-state index in [1.54, 1.807) is 29.8 Å². The molecule has 0 spiro atoms. The van der Waals surface area contributed by atoms with Gasteiger partial charge < -0.3 is 4.57 Å². The van der Waals surface area contributed by atoms with Gasteiger partial charge >= 0.3 is 0 Å². The quantitative estimate of drug-likeness (QED) is 0.805. The maximum atomic E-state index is 12.8. The number of rotatable bonds is 2. The van der Waals surface area contributed by atoms with E-state index < -0.39 is 6.67 Å². The molecule has 5 heteroatoms. The second-order valence-electron chi connectivity index (χ2n) is 3.83. The van der Waals surface area contributed by atoms with Crippen molar-refractivity contribution in [1.29, 1.82) is 5.26 Å². The van der Waals surface area contributed by atoms with Crippen molar-refractivity contribution < 1.29 is 4.39 Å². The van der Waals surface area contributed by atoms with Crippen molar-refractivity contribution in [2.45, 2.75) is 6.67 Å². The van der Waals surface area contributed by atoms with Gasteiger partial charge in [-0.3, -0.25) is 0 Å². The molecule has 2 rings (SSSR count). The number of alkyl halides is 1. The van der Waals surface area contributed by atoms with Crippen molar-refractivity contribution in [2.75, 3.05) is 0 Å². The first-order valence-corrected chi connectivity index (χ1v) is 5.94. The van der Waals surface area contributed by atoms with E-state index in [2.05, 4.69) is 6.07 Å². The summed E-state index contributed by atoms with van der Waals surface area (Å²) in [7, 11) is 1.72. The van der Waals surface area contributed by atoms with Gasteiger partial charge in [0, 0.05) is 12.6 Å². The Hall–Kier alpha value is -1.50. The molecule has 1 heterocycles. The van der Waals surface area contributed by atoms with E-state index >= 15 is 0 Å². The molecule has 0 saturated heterocycles. The highest BCUT2D eigenvalue weighted by atomic mass is 35.5. The number of halogens is 3. The standard InChI is InChI=1S/C13H9Cl2FN2/c1-18-10(6-16)4-9(7-17)13(18)8-2-3-11(14)12(15)5-8/h2-5H,6H2,1H3. The van der Waals surface area contributed by atoms with E-state index in [-0.39, 0.29) is 0 Å². The van der Waals surface area contributed by atoms with Crippen molar-refractivity contribution in [3.05, 3.63) is 45.6 Å². The fraction of sp³-hybridized carbons (Fsp3) is 0.154. The van der Waals surface area contributed by atoms with Crippen LogP contribution in [0.1, 0.15) is 11.3 Å². The SMILES string of the molecule is Cn1c(CF)cc(C#N)c1-c1ccc(Cl)c(Cl)c1. The third kappa shape index (κ3) is 2.10. The summed E-state index contributed by atoms with van der Waals surface area (Å²) in [5.74, 6) is 0. The highest BCUT2D eigenvalue weighted by Crippen LogP contribution is 2.31. The molecule has 92 valence electrons. The minimum atomic E-state index is -0.619. The first kappa shape index (κ1) is 12.9. The Morgan fingerprint density at radius 3 is 2.56 bits per heavy atom. The average molecular weight is 283 g/mol. The second kappa shape index (κ2) is 5.01. The van der Waals surface area contributed by atoms with Crippen LogP contribution in [0.2, 0.25) is 10.0 Å². The number of hydrogen-bond acceptors (Lipinski definition) is 1. The van der Waals surface area contributed by atoms with Crippen LogP contribution < -0.4 is 0 Å². The monoisotopic (exact) mass is 282 g/mol. The maximum Gasteiger partial charge on any atom is 0.129 e. The Morgan fingerprint density at radius 1 is 1.28 bits per heavy atom. The molecule has 0 fully saturated rings. The minimum Gasteiger partial charge on any atom is -0.344 e. The molecule has 0 bridgehead atoms. The molecule has 18 heavy (non-hydrogen) atoms. The fourth-order valence-corrected chi connectivity index (χ4v) is 2.16. The zero-order valence-electron chi connectivity index (χ0n) is 9.54. The van der Waals surface area contributed by atoms with E-state index in [9.17, 15) is 4.39 Å². The Labute approximate surface area is 114 Å². The van der Waals surface area contributed by atoms with Gasteiger partial charge in [-0.15, -0.1) is 0 Å². The van der Waals surface area contributed by atoms with Crippen LogP contribution in [0, 0.1) is 11.3 Å². The summed E-state index contributed by atoms with van der Waals surface area (Å²) in [5, 5.41) is 9.94. The summed E-state index contributed by atoms with van der Waals surface area (Å²) >= 11 is 11.8. The predicted molar refractivity (Wildman–Crippen MR) is 70.4 cm³/mol. The van der Waals surface area contributed by atoms with E-state index in [0.717, 1.165) is 5.56 Å². The summed E-state index contributed by atoms with van der Waals surface area (Å²) in [6.45, 7) is -0.619. The van der Waals surface area contributed by atoms with Gasteiger partial charge in [0.05, 0.1) is 27.0 Å². The molecule has 0 aliphatic heterocycles. The van der Waals surface area contributed by atoms with Crippen LogP contribution in [0.25, 0.3) is 11.3 Å². The van der Waals surface area contributed by atoms with Crippen molar-refractivity contribution in [3.63, 3.8) is 0 Å². The highest BCUT2D eigenvalue weighted by Gasteiger charge is 2.15. The summed E-state index contributed by atoms with van der Waals surface area (Å²) < 4.78 is 14.4. The molecule has 0 saturated carbocycles. The molecule has 0 radical (unpaired) electrons.